The molecule has 0 amide bonds. The van der Waals surface area contributed by atoms with E-state index in [4.69, 9.17) is 23.2 Å². The van der Waals surface area contributed by atoms with Gasteiger partial charge in [-0.15, -0.1) is 0 Å². The van der Waals surface area contributed by atoms with E-state index in [-0.39, 0.29) is 28.1 Å². The maximum Gasteiger partial charge on any atom is 0.136 e. The zero-order valence-electron chi connectivity index (χ0n) is 8.42. The molecule has 1 aromatic carbocycles. The van der Waals surface area contributed by atoms with Gasteiger partial charge in [-0.1, -0.05) is 29.3 Å². The Hall–Kier alpha value is -1.26. The van der Waals surface area contributed by atoms with E-state index in [1.165, 1.54) is 18.2 Å². The minimum atomic E-state index is -0.648. The lowest BCUT2D eigenvalue weighted by Crippen LogP contribution is -1.99. The molecular weight excluding hydrogens is 269 g/mol. The summed E-state index contributed by atoms with van der Waals surface area (Å²) in [6.07, 6.45) is 0.104. The van der Waals surface area contributed by atoms with Gasteiger partial charge in [-0.3, -0.25) is 0 Å². The molecule has 0 fully saturated rings. The fourth-order valence-electron chi connectivity index (χ4n) is 1.35. The van der Waals surface area contributed by atoms with Crippen LogP contribution in [-0.4, -0.2) is 9.97 Å². The summed E-state index contributed by atoms with van der Waals surface area (Å²) in [6, 6.07) is 4.70. The van der Waals surface area contributed by atoms with Crippen molar-refractivity contribution in [1.82, 2.24) is 9.97 Å². The summed E-state index contributed by atoms with van der Waals surface area (Å²) in [5.41, 5.74) is 0.282. The molecule has 0 saturated heterocycles. The van der Waals surface area contributed by atoms with Crippen LogP contribution < -0.4 is 0 Å². The molecule has 0 aliphatic carbocycles. The fraction of sp³-hybridized carbons (Fsp3) is 0.0909. The average Bonchev–Trinajstić information content (AvgIpc) is 2.21. The molecule has 0 aliphatic heterocycles. The number of hydrogen-bond donors (Lipinski definition) is 0. The molecule has 0 spiro atoms. The van der Waals surface area contributed by atoms with Gasteiger partial charge in [0.15, 0.2) is 0 Å². The van der Waals surface area contributed by atoms with E-state index in [0.29, 0.717) is 0 Å². The molecule has 17 heavy (non-hydrogen) atoms. The van der Waals surface area contributed by atoms with Crippen molar-refractivity contribution < 1.29 is 8.78 Å². The minimum Gasteiger partial charge on any atom is -0.221 e. The van der Waals surface area contributed by atoms with Crippen LogP contribution in [0.4, 0.5) is 8.78 Å². The maximum atomic E-state index is 13.4. The van der Waals surface area contributed by atoms with Gasteiger partial charge in [0.1, 0.15) is 27.8 Å². The second kappa shape index (κ2) is 4.94. The summed E-state index contributed by atoms with van der Waals surface area (Å²) in [5.74, 6) is -0.992. The molecule has 0 unspecified atom stereocenters. The monoisotopic (exact) mass is 274 g/mol. The predicted octanol–water partition coefficient (Wildman–Crippen LogP) is 3.65. The van der Waals surface area contributed by atoms with Crippen molar-refractivity contribution in [3.05, 3.63) is 57.6 Å². The first-order valence-electron chi connectivity index (χ1n) is 4.67. The minimum absolute atomic E-state index is 0.104. The molecule has 0 aliphatic rings. The van der Waals surface area contributed by atoms with Crippen molar-refractivity contribution in [2.45, 2.75) is 6.42 Å². The molecule has 2 aromatic rings. The number of nitrogens with zero attached hydrogens (tertiary/aromatic N) is 2. The van der Waals surface area contributed by atoms with Crippen LogP contribution in [0, 0.1) is 11.6 Å². The van der Waals surface area contributed by atoms with Crippen molar-refractivity contribution in [3.63, 3.8) is 0 Å². The van der Waals surface area contributed by atoms with E-state index < -0.39 is 11.6 Å². The van der Waals surface area contributed by atoms with Crippen LogP contribution in [0.15, 0.2) is 24.3 Å². The highest BCUT2D eigenvalue weighted by atomic mass is 35.5. The van der Waals surface area contributed by atoms with Crippen molar-refractivity contribution in [1.29, 1.82) is 0 Å². The first kappa shape index (κ1) is 12.2. The van der Waals surface area contributed by atoms with Crippen LogP contribution in [0.5, 0.6) is 0 Å². The van der Waals surface area contributed by atoms with Gasteiger partial charge in [0.2, 0.25) is 0 Å². The van der Waals surface area contributed by atoms with Gasteiger partial charge in [0.25, 0.3) is 0 Å². The van der Waals surface area contributed by atoms with Gasteiger partial charge in [-0.05, 0) is 11.6 Å². The van der Waals surface area contributed by atoms with E-state index in [9.17, 15) is 8.78 Å². The van der Waals surface area contributed by atoms with Gasteiger partial charge < -0.3 is 0 Å². The van der Waals surface area contributed by atoms with Gasteiger partial charge in [-0.2, -0.15) is 0 Å². The van der Waals surface area contributed by atoms with E-state index in [1.54, 1.807) is 0 Å². The molecule has 0 radical (unpaired) electrons. The quantitative estimate of drug-likeness (QED) is 0.782. The zero-order chi connectivity index (χ0) is 12.4. The zero-order valence-corrected chi connectivity index (χ0v) is 9.93. The first-order valence-corrected chi connectivity index (χ1v) is 5.43. The molecule has 2 nitrogen and oxygen atoms in total. The molecule has 88 valence electrons. The van der Waals surface area contributed by atoms with Crippen molar-refractivity contribution >= 4 is 23.2 Å². The molecule has 1 heterocycles. The summed E-state index contributed by atoms with van der Waals surface area (Å²) in [6.45, 7) is 0. The van der Waals surface area contributed by atoms with E-state index in [1.807, 2.05) is 0 Å². The van der Waals surface area contributed by atoms with Gasteiger partial charge in [0, 0.05) is 18.6 Å². The van der Waals surface area contributed by atoms with Gasteiger partial charge in [0.05, 0.1) is 0 Å². The highest BCUT2D eigenvalue weighted by molar-refractivity contribution is 6.33. The van der Waals surface area contributed by atoms with Crippen molar-refractivity contribution in [2.24, 2.45) is 0 Å². The van der Waals surface area contributed by atoms with Crippen LogP contribution in [-0.2, 0) is 6.42 Å². The molecule has 0 N–H and O–H groups in total. The summed E-state index contributed by atoms with van der Waals surface area (Å²) in [5, 5.41) is 0.366. The van der Waals surface area contributed by atoms with Gasteiger partial charge >= 0.3 is 0 Å². The summed E-state index contributed by atoms with van der Waals surface area (Å²) in [7, 11) is 0. The van der Waals surface area contributed by atoms with E-state index in [2.05, 4.69) is 9.97 Å². The van der Waals surface area contributed by atoms with Crippen LogP contribution in [0.3, 0.4) is 0 Å². The molecular formula is C11H6Cl2F2N2. The fourth-order valence-corrected chi connectivity index (χ4v) is 1.81. The van der Waals surface area contributed by atoms with E-state index in [0.717, 1.165) is 6.07 Å². The van der Waals surface area contributed by atoms with E-state index >= 15 is 0 Å². The van der Waals surface area contributed by atoms with Gasteiger partial charge in [-0.25, -0.2) is 18.7 Å². The first-order chi connectivity index (χ1) is 8.04. The third-order valence-corrected chi connectivity index (χ3v) is 2.46. The van der Waals surface area contributed by atoms with Crippen LogP contribution in [0.1, 0.15) is 11.4 Å². The maximum absolute atomic E-state index is 13.4. The average molecular weight is 275 g/mol. The van der Waals surface area contributed by atoms with Crippen LogP contribution in [0.2, 0.25) is 10.3 Å². The molecule has 0 saturated carbocycles. The summed E-state index contributed by atoms with van der Waals surface area (Å²) in [4.78, 5) is 7.80. The lowest BCUT2D eigenvalue weighted by atomic mass is 10.1. The Morgan fingerprint density at radius 2 is 1.65 bits per heavy atom. The second-order valence-corrected chi connectivity index (χ2v) is 4.12. The molecule has 1 aromatic heterocycles. The molecule has 6 heteroatoms. The third-order valence-electron chi connectivity index (χ3n) is 2.07. The number of rotatable bonds is 2. The van der Waals surface area contributed by atoms with Crippen molar-refractivity contribution in [3.8, 4) is 0 Å². The lowest BCUT2D eigenvalue weighted by Gasteiger charge is -2.03. The lowest BCUT2D eigenvalue weighted by molar-refractivity contribution is 0.573. The highest BCUT2D eigenvalue weighted by Crippen LogP contribution is 2.16. The number of hydrogen-bond acceptors (Lipinski definition) is 2. The largest absolute Gasteiger partial charge is 0.221 e. The smallest absolute Gasteiger partial charge is 0.136 e. The molecule has 0 bridgehead atoms. The summed E-state index contributed by atoms with van der Waals surface area (Å²) >= 11 is 11.4. The topological polar surface area (TPSA) is 25.8 Å². The predicted molar refractivity (Wildman–Crippen MR) is 61.2 cm³/mol. The Labute approximate surface area is 106 Å². The van der Waals surface area contributed by atoms with Crippen LogP contribution >= 0.6 is 23.2 Å². The van der Waals surface area contributed by atoms with Crippen LogP contribution in [0.25, 0.3) is 0 Å². The standard InChI is InChI=1S/C11H6Cl2F2N2/c12-9-5-10(13)17-11(16-9)3-6-1-2-7(14)4-8(6)15/h1-2,4-5H,3H2. The number of aromatic nitrogens is 2. The Bertz CT molecular complexity index is 541. The second-order valence-electron chi connectivity index (χ2n) is 3.34. The molecule has 2 rings (SSSR count). The normalized spacial score (nSPS) is 10.6. The Morgan fingerprint density at radius 3 is 2.24 bits per heavy atom. The number of halogens is 4. The molecule has 0 atom stereocenters. The SMILES string of the molecule is Fc1ccc(Cc2nc(Cl)cc(Cl)n2)c(F)c1. The highest BCUT2D eigenvalue weighted by Gasteiger charge is 2.08. The third kappa shape index (κ3) is 3.11. The summed E-state index contributed by atoms with van der Waals surface area (Å²) < 4.78 is 26.1. The Balaban J connectivity index is 2.31. The number of benzene rings is 1. The Morgan fingerprint density at radius 1 is 1.00 bits per heavy atom. The van der Waals surface area contributed by atoms with Crippen molar-refractivity contribution in [2.75, 3.05) is 0 Å². The Kier molecular flexibility index (Phi) is 3.54.